The summed E-state index contributed by atoms with van der Waals surface area (Å²) in [4.78, 5) is 9.07. The van der Waals surface area contributed by atoms with Gasteiger partial charge in [-0.05, 0) is 12.8 Å². The van der Waals surface area contributed by atoms with Crippen molar-refractivity contribution in [2.75, 3.05) is 24.2 Å². The van der Waals surface area contributed by atoms with E-state index in [0.29, 0.717) is 24.0 Å². The zero-order chi connectivity index (χ0) is 15.9. The van der Waals surface area contributed by atoms with E-state index in [1.807, 2.05) is 0 Å². The zero-order valence-electron chi connectivity index (χ0n) is 14.1. The molecule has 5 nitrogen and oxygen atoms in total. The van der Waals surface area contributed by atoms with Gasteiger partial charge in [0.05, 0.1) is 6.61 Å². The fourth-order valence-corrected chi connectivity index (χ4v) is 1.81. The van der Waals surface area contributed by atoms with E-state index in [4.69, 9.17) is 10.5 Å². The number of nitrogens with zero attached hydrogens (tertiary/aromatic N) is 2. The quantitative estimate of drug-likeness (QED) is 0.714. The van der Waals surface area contributed by atoms with E-state index in [-0.39, 0.29) is 5.41 Å². The van der Waals surface area contributed by atoms with E-state index in [1.54, 1.807) is 0 Å². The Kier molecular flexibility index (Phi) is 6.72. The van der Waals surface area contributed by atoms with Crippen LogP contribution < -0.4 is 15.8 Å². The molecule has 120 valence electrons. The molecule has 0 bridgehead atoms. The average Bonchev–Trinajstić information content (AvgIpc) is 2.42. The number of aromatic nitrogens is 2. The molecule has 21 heavy (non-hydrogen) atoms. The summed E-state index contributed by atoms with van der Waals surface area (Å²) in [6, 6.07) is 0. The second-order valence-corrected chi connectivity index (χ2v) is 6.35. The fourth-order valence-electron chi connectivity index (χ4n) is 1.81. The lowest BCUT2D eigenvalue weighted by molar-refractivity contribution is 0.303. The number of hydrogen-bond acceptors (Lipinski definition) is 5. The Hall–Kier alpha value is -1.52. The predicted octanol–water partition coefficient (Wildman–Crippen LogP) is 3.75. The number of rotatable bonds is 8. The molecule has 1 aromatic rings. The molecule has 1 aromatic heterocycles. The van der Waals surface area contributed by atoms with E-state index in [2.05, 4.69) is 49.9 Å². The normalized spacial score (nSPS) is 11.5. The molecule has 3 N–H and O–H groups in total. The minimum atomic E-state index is -0.141. The van der Waals surface area contributed by atoms with Crippen molar-refractivity contribution in [3.8, 4) is 5.88 Å². The molecule has 0 aliphatic heterocycles. The van der Waals surface area contributed by atoms with E-state index >= 15 is 0 Å². The minimum absolute atomic E-state index is 0.141. The molecule has 1 heterocycles. The van der Waals surface area contributed by atoms with Gasteiger partial charge in [-0.1, -0.05) is 47.5 Å². The van der Waals surface area contributed by atoms with E-state index in [0.717, 1.165) is 25.2 Å². The van der Waals surface area contributed by atoms with Crippen LogP contribution in [0, 0.1) is 0 Å². The number of ether oxygens (including phenoxy) is 1. The van der Waals surface area contributed by atoms with Gasteiger partial charge in [-0.3, -0.25) is 0 Å². The first-order valence-electron chi connectivity index (χ1n) is 7.94. The van der Waals surface area contributed by atoms with Crippen LogP contribution >= 0.6 is 0 Å². The predicted molar refractivity (Wildman–Crippen MR) is 88.9 cm³/mol. The molecule has 0 radical (unpaired) electrons. The summed E-state index contributed by atoms with van der Waals surface area (Å²) in [5, 5.41) is 3.32. The Labute approximate surface area is 128 Å². The highest BCUT2D eigenvalue weighted by molar-refractivity contribution is 5.67. The van der Waals surface area contributed by atoms with Gasteiger partial charge in [0.15, 0.2) is 5.82 Å². The fraction of sp³-hybridized carbons (Fsp3) is 0.750. The van der Waals surface area contributed by atoms with Crippen molar-refractivity contribution < 1.29 is 4.74 Å². The van der Waals surface area contributed by atoms with Gasteiger partial charge in [0, 0.05) is 12.0 Å². The van der Waals surface area contributed by atoms with E-state index < -0.39 is 0 Å². The van der Waals surface area contributed by atoms with Gasteiger partial charge in [-0.15, -0.1) is 0 Å². The van der Waals surface area contributed by atoms with E-state index in [1.165, 1.54) is 12.8 Å². The lowest BCUT2D eigenvalue weighted by Gasteiger charge is -2.20. The van der Waals surface area contributed by atoms with Crippen molar-refractivity contribution in [2.45, 2.75) is 65.7 Å². The molecule has 0 saturated heterocycles. The van der Waals surface area contributed by atoms with Crippen LogP contribution in [0.5, 0.6) is 5.88 Å². The van der Waals surface area contributed by atoms with Gasteiger partial charge in [0.1, 0.15) is 11.5 Å². The third-order valence-electron chi connectivity index (χ3n) is 3.10. The molecule has 0 aliphatic rings. The molecule has 0 unspecified atom stereocenters. The maximum Gasteiger partial charge on any atom is 0.242 e. The summed E-state index contributed by atoms with van der Waals surface area (Å²) < 4.78 is 5.67. The van der Waals surface area contributed by atoms with Gasteiger partial charge >= 0.3 is 0 Å². The molecule has 0 aromatic carbocycles. The molecular weight excluding hydrogens is 264 g/mol. The number of anilines is 2. The topological polar surface area (TPSA) is 73.1 Å². The summed E-state index contributed by atoms with van der Waals surface area (Å²) in [5.41, 5.74) is 6.50. The minimum Gasteiger partial charge on any atom is -0.476 e. The number of nitrogens with two attached hydrogens (primary N) is 1. The molecule has 0 fully saturated rings. The molecule has 1 rings (SSSR count). The summed E-state index contributed by atoms with van der Waals surface area (Å²) in [7, 11) is 0. The lowest BCUT2D eigenvalue weighted by atomic mass is 9.96. The van der Waals surface area contributed by atoms with Crippen LogP contribution in [-0.4, -0.2) is 23.1 Å². The third-order valence-corrected chi connectivity index (χ3v) is 3.10. The van der Waals surface area contributed by atoms with Crippen LogP contribution in [0.4, 0.5) is 11.5 Å². The van der Waals surface area contributed by atoms with Crippen molar-refractivity contribution in [1.29, 1.82) is 0 Å². The number of nitrogen functional groups attached to an aromatic ring is 1. The Balaban J connectivity index is 2.97. The summed E-state index contributed by atoms with van der Waals surface area (Å²) in [5.74, 6) is 1.94. The van der Waals surface area contributed by atoms with Gasteiger partial charge in [-0.2, -0.15) is 4.98 Å². The van der Waals surface area contributed by atoms with Crippen LogP contribution in [0.25, 0.3) is 0 Å². The van der Waals surface area contributed by atoms with Gasteiger partial charge < -0.3 is 15.8 Å². The molecule has 0 spiro atoms. The molecule has 5 heteroatoms. The van der Waals surface area contributed by atoms with Crippen molar-refractivity contribution in [1.82, 2.24) is 9.97 Å². The van der Waals surface area contributed by atoms with Crippen LogP contribution in [0.1, 0.15) is 66.1 Å². The summed E-state index contributed by atoms with van der Waals surface area (Å²) in [6.07, 6.45) is 4.42. The van der Waals surface area contributed by atoms with Gasteiger partial charge in [-0.25, -0.2) is 4.98 Å². The highest BCUT2D eigenvalue weighted by Crippen LogP contribution is 2.30. The highest BCUT2D eigenvalue weighted by Gasteiger charge is 2.22. The van der Waals surface area contributed by atoms with Crippen molar-refractivity contribution >= 4 is 11.5 Å². The van der Waals surface area contributed by atoms with E-state index in [9.17, 15) is 0 Å². The van der Waals surface area contributed by atoms with Crippen molar-refractivity contribution in [3.63, 3.8) is 0 Å². The maximum absolute atomic E-state index is 6.14. The number of hydrogen-bond donors (Lipinski definition) is 2. The average molecular weight is 294 g/mol. The Morgan fingerprint density at radius 1 is 1.10 bits per heavy atom. The molecule has 0 amide bonds. The summed E-state index contributed by atoms with van der Waals surface area (Å²) in [6.45, 7) is 12.0. The first kappa shape index (κ1) is 17.5. The van der Waals surface area contributed by atoms with Crippen LogP contribution in [0.15, 0.2) is 0 Å². The van der Waals surface area contributed by atoms with Crippen LogP contribution in [-0.2, 0) is 5.41 Å². The number of nitrogens with one attached hydrogen (secondary N) is 1. The maximum atomic E-state index is 6.14. The third kappa shape index (κ3) is 5.40. The van der Waals surface area contributed by atoms with Crippen LogP contribution in [0.2, 0.25) is 0 Å². The largest absolute Gasteiger partial charge is 0.476 e. The smallest absolute Gasteiger partial charge is 0.242 e. The Bertz CT molecular complexity index is 441. The molecular formula is C16H30N4O. The lowest BCUT2D eigenvalue weighted by Crippen LogP contribution is -2.20. The highest BCUT2D eigenvalue weighted by atomic mass is 16.5. The summed E-state index contributed by atoms with van der Waals surface area (Å²) >= 11 is 0. The first-order valence-corrected chi connectivity index (χ1v) is 7.94. The second kappa shape index (κ2) is 8.05. The molecule has 0 aliphatic carbocycles. The monoisotopic (exact) mass is 294 g/mol. The molecule has 0 atom stereocenters. The van der Waals surface area contributed by atoms with Crippen molar-refractivity contribution in [3.05, 3.63) is 5.82 Å². The second-order valence-electron chi connectivity index (χ2n) is 6.35. The first-order chi connectivity index (χ1) is 9.90. The number of unbranched alkanes of at least 4 members (excludes halogenated alkanes) is 2. The van der Waals surface area contributed by atoms with Crippen LogP contribution in [0.3, 0.4) is 0 Å². The van der Waals surface area contributed by atoms with Crippen molar-refractivity contribution in [2.24, 2.45) is 0 Å². The SMILES string of the molecule is CCCCCNc1nc(C(C)(C)C)nc(OCCC)c1N. The standard InChI is InChI=1S/C16H30N4O/c1-6-8-9-10-18-13-12(17)14(21-11-7-2)20-15(19-13)16(3,4)5/h6-11,17H2,1-5H3,(H,18,19,20). The zero-order valence-corrected chi connectivity index (χ0v) is 14.1. The Morgan fingerprint density at radius 2 is 1.81 bits per heavy atom. The van der Waals surface area contributed by atoms with Gasteiger partial charge in [0.2, 0.25) is 5.88 Å². The molecule has 0 saturated carbocycles. The Morgan fingerprint density at radius 3 is 2.38 bits per heavy atom. The van der Waals surface area contributed by atoms with Gasteiger partial charge in [0.25, 0.3) is 0 Å².